The van der Waals surface area contributed by atoms with Gasteiger partial charge in [0.25, 0.3) is 0 Å². The van der Waals surface area contributed by atoms with E-state index in [9.17, 15) is 4.79 Å². The Kier molecular flexibility index (Phi) is 7.03. The summed E-state index contributed by atoms with van der Waals surface area (Å²) in [6.07, 6.45) is 3.05. The first-order valence-corrected chi connectivity index (χ1v) is 8.19. The van der Waals surface area contributed by atoms with Crippen molar-refractivity contribution in [2.24, 2.45) is 0 Å². The molecule has 5 nitrogen and oxygen atoms in total. The Bertz CT molecular complexity index is 762. The second-order valence-electron chi connectivity index (χ2n) is 5.75. The van der Waals surface area contributed by atoms with Gasteiger partial charge in [0.2, 0.25) is 5.91 Å². The summed E-state index contributed by atoms with van der Waals surface area (Å²) in [5.74, 6) is 0.0795. The SMILES string of the molecule is C=Cc1cccc(C[C@H]([B]OC=N)C(=O)N(C)c2ccc(OC)cc2)c1. The first-order chi connectivity index (χ1) is 12.6. The highest BCUT2D eigenvalue weighted by Gasteiger charge is 2.26. The largest absolute Gasteiger partial charge is 0.555 e. The maximum atomic E-state index is 13.0. The number of nitrogens with one attached hydrogen (secondary N) is 1. The van der Waals surface area contributed by atoms with E-state index in [-0.39, 0.29) is 5.91 Å². The Morgan fingerprint density at radius 3 is 2.65 bits per heavy atom. The summed E-state index contributed by atoms with van der Waals surface area (Å²) in [4.78, 5) is 14.5. The van der Waals surface area contributed by atoms with Gasteiger partial charge in [0, 0.05) is 12.7 Å². The molecule has 2 rings (SSSR count). The second-order valence-corrected chi connectivity index (χ2v) is 5.75. The lowest BCUT2D eigenvalue weighted by Crippen LogP contribution is -2.34. The van der Waals surface area contributed by atoms with E-state index in [0.29, 0.717) is 6.42 Å². The number of carbonyl (C=O) groups excluding carboxylic acids is 1. The molecule has 26 heavy (non-hydrogen) atoms. The van der Waals surface area contributed by atoms with Crippen molar-refractivity contribution in [3.8, 4) is 5.75 Å². The molecule has 6 heteroatoms. The lowest BCUT2D eigenvalue weighted by atomic mass is 9.74. The van der Waals surface area contributed by atoms with Crippen LogP contribution in [-0.4, -0.2) is 33.9 Å². The van der Waals surface area contributed by atoms with Crippen LogP contribution in [0, 0.1) is 5.41 Å². The van der Waals surface area contributed by atoms with Gasteiger partial charge in [0.05, 0.1) is 12.9 Å². The summed E-state index contributed by atoms with van der Waals surface area (Å²) in [6, 6.07) is 15.1. The quantitative estimate of drug-likeness (QED) is 0.428. The average Bonchev–Trinajstić information content (AvgIpc) is 2.70. The zero-order valence-corrected chi connectivity index (χ0v) is 15.0. The summed E-state index contributed by atoms with van der Waals surface area (Å²) in [7, 11) is 4.71. The van der Waals surface area contributed by atoms with Gasteiger partial charge in [-0.1, -0.05) is 36.9 Å². The third-order valence-corrected chi connectivity index (χ3v) is 4.06. The molecule has 0 unspecified atom stereocenters. The summed E-state index contributed by atoms with van der Waals surface area (Å²) in [5, 5.41) is 7.07. The molecule has 0 saturated carbocycles. The van der Waals surface area contributed by atoms with Crippen LogP contribution in [0.25, 0.3) is 6.08 Å². The highest BCUT2D eigenvalue weighted by Crippen LogP contribution is 2.23. The Morgan fingerprint density at radius 1 is 1.31 bits per heavy atom. The number of hydrogen-bond acceptors (Lipinski definition) is 4. The van der Waals surface area contributed by atoms with Crippen molar-refractivity contribution in [3.05, 3.63) is 66.2 Å². The molecule has 0 saturated heterocycles. The van der Waals surface area contributed by atoms with Crippen LogP contribution >= 0.6 is 0 Å². The highest BCUT2D eigenvalue weighted by molar-refractivity contribution is 6.40. The minimum absolute atomic E-state index is 0.124. The van der Waals surface area contributed by atoms with Gasteiger partial charge in [-0.3, -0.25) is 10.2 Å². The van der Waals surface area contributed by atoms with E-state index in [4.69, 9.17) is 14.8 Å². The van der Waals surface area contributed by atoms with Crippen molar-refractivity contribution in [2.45, 2.75) is 12.2 Å². The zero-order chi connectivity index (χ0) is 18.9. The maximum Gasteiger partial charge on any atom is 0.384 e. The van der Waals surface area contributed by atoms with Gasteiger partial charge in [-0.15, -0.1) is 0 Å². The van der Waals surface area contributed by atoms with E-state index >= 15 is 0 Å². The van der Waals surface area contributed by atoms with E-state index in [0.717, 1.165) is 29.0 Å². The number of nitrogens with zero attached hydrogens (tertiary/aromatic N) is 1. The van der Waals surface area contributed by atoms with Crippen LogP contribution in [0.4, 0.5) is 5.69 Å². The minimum atomic E-state index is -0.524. The normalized spacial score (nSPS) is 11.2. The number of amides is 1. The fourth-order valence-corrected chi connectivity index (χ4v) is 2.61. The van der Waals surface area contributed by atoms with Gasteiger partial charge in [0.15, 0.2) is 0 Å². The molecule has 0 spiro atoms. The van der Waals surface area contributed by atoms with Gasteiger partial charge in [-0.25, -0.2) is 0 Å². The molecule has 0 aromatic heterocycles. The zero-order valence-electron chi connectivity index (χ0n) is 15.0. The molecule has 1 radical (unpaired) electrons. The number of anilines is 1. The average molecular weight is 349 g/mol. The number of carbonyl (C=O) groups is 1. The smallest absolute Gasteiger partial charge is 0.384 e. The van der Waals surface area contributed by atoms with Gasteiger partial charge < -0.3 is 14.3 Å². The Labute approximate surface area is 155 Å². The number of hydrogen-bond donors (Lipinski definition) is 1. The predicted molar refractivity (Wildman–Crippen MR) is 106 cm³/mol. The highest BCUT2D eigenvalue weighted by atomic mass is 16.5. The third-order valence-electron chi connectivity index (χ3n) is 4.06. The van der Waals surface area contributed by atoms with Crippen molar-refractivity contribution in [3.63, 3.8) is 0 Å². The van der Waals surface area contributed by atoms with Crippen LogP contribution in [0.3, 0.4) is 0 Å². The molecule has 0 heterocycles. The number of ether oxygens (including phenoxy) is 1. The minimum Gasteiger partial charge on any atom is -0.555 e. The third kappa shape index (κ3) is 4.99. The molecule has 1 amide bonds. The van der Waals surface area contributed by atoms with Crippen LogP contribution in [0.2, 0.25) is 5.82 Å². The molecule has 133 valence electrons. The van der Waals surface area contributed by atoms with E-state index in [1.807, 2.05) is 36.4 Å². The summed E-state index contributed by atoms with van der Waals surface area (Å²) in [6.45, 7) is 3.77. The maximum absolute atomic E-state index is 13.0. The molecule has 1 N–H and O–H groups in total. The van der Waals surface area contributed by atoms with Crippen molar-refractivity contribution in [1.29, 1.82) is 5.41 Å². The Morgan fingerprint density at radius 2 is 2.04 bits per heavy atom. The molecule has 1 atom stereocenters. The van der Waals surface area contributed by atoms with Gasteiger partial charge >= 0.3 is 7.48 Å². The first-order valence-electron chi connectivity index (χ1n) is 8.19. The van der Waals surface area contributed by atoms with Crippen molar-refractivity contribution in [2.75, 3.05) is 19.1 Å². The van der Waals surface area contributed by atoms with Crippen molar-refractivity contribution in [1.82, 2.24) is 0 Å². The molecule has 0 fully saturated rings. The van der Waals surface area contributed by atoms with Crippen molar-refractivity contribution >= 4 is 31.6 Å². The second kappa shape index (κ2) is 9.46. The molecule has 0 aliphatic carbocycles. The molecular formula is C20H22BN2O3. The van der Waals surface area contributed by atoms with Crippen LogP contribution < -0.4 is 9.64 Å². The summed E-state index contributed by atoms with van der Waals surface area (Å²) >= 11 is 0. The van der Waals surface area contributed by atoms with Crippen LogP contribution in [-0.2, 0) is 15.9 Å². The molecule has 0 bridgehead atoms. The number of rotatable bonds is 9. The van der Waals surface area contributed by atoms with Gasteiger partial charge in [-0.2, -0.15) is 0 Å². The van der Waals surface area contributed by atoms with Crippen molar-refractivity contribution < 1.29 is 14.2 Å². The van der Waals surface area contributed by atoms with E-state index < -0.39 is 5.82 Å². The van der Waals surface area contributed by atoms with E-state index in [1.165, 1.54) is 7.48 Å². The first kappa shape index (κ1) is 19.3. The number of benzene rings is 2. The topological polar surface area (TPSA) is 62.6 Å². The van der Waals surface area contributed by atoms with E-state index in [2.05, 4.69) is 6.58 Å². The lowest BCUT2D eigenvalue weighted by molar-refractivity contribution is -0.118. The molecule has 2 aromatic rings. The fourth-order valence-electron chi connectivity index (χ4n) is 2.61. The van der Waals surface area contributed by atoms with Crippen LogP contribution in [0.1, 0.15) is 11.1 Å². The molecule has 2 aromatic carbocycles. The van der Waals surface area contributed by atoms with E-state index in [1.54, 1.807) is 37.3 Å². The Hall–Kier alpha value is -3.02. The standard InChI is InChI=1S/C20H22BN2O3/c1-4-15-6-5-7-16(12-15)13-19(21-26-14-22)20(24)23(2)17-8-10-18(25-3)11-9-17/h4-12,14,19,22H,1,13H2,2-3H3/t19-/m0/s1. The molecule has 0 aliphatic rings. The van der Waals surface area contributed by atoms with Gasteiger partial charge in [-0.05, 0) is 41.8 Å². The Balaban J connectivity index is 2.18. The monoisotopic (exact) mass is 349 g/mol. The van der Waals surface area contributed by atoms with Crippen LogP contribution in [0.5, 0.6) is 5.75 Å². The number of methoxy groups -OCH3 is 1. The lowest BCUT2D eigenvalue weighted by Gasteiger charge is -2.23. The van der Waals surface area contributed by atoms with Crippen LogP contribution in [0.15, 0.2) is 55.1 Å². The predicted octanol–water partition coefficient (Wildman–Crippen LogP) is 3.58. The molecule has 0 aliphatic heterocycles. The van der Waals surface area contributed by atoms with Gasteiger partial charge in [0.1, 0.15) is 12.2 Å². The fraction of sp³-hybridized carbons (Fsp3) is 0.200. The summed E-state index contributed by atoms with van der Waals surface area (Å²) in [5.41, 5.74) is 2.74. The summed E-state index contributed by atoms with van der Waals surface area (Å²) < 4.78 is 10.1. The molecular weight excluding hydrogens is 327 g/mol.